The third-order valence-corrected chi connectivity index (χ3v) is 7.53. The van der Waals surface area contributed by atoms with Gasteiger partial charge in [-0.05, 0) is 55.1 Å². The second kappa shape index (κ2) is 12.3. The number of aryl methyl sites for hydroxylation is 1. The lowest BCUT2D eigenvalue weighted by molar-refractivity contribution is -0.386. The number of nitro groups is 1. The van der Waals surface area contributed by atoms with E-state index < -0.39 is 17.0 Å². The fourth-order valence-corrected chi connectivity index (χ4v) is 5.59. The van der Waals surface area contributed by atoms with Crippen molar-refractivity contribution in [1.82, 2.24) is 0 Å². The molecule has 3 rings (SSSR count). The van der Waals surface area contributed by atoms with Gasteiger partial charge >= 0.3 is 5.97 Å². The number of carbonyl (C=O) groups is 1. The molecule has 1 aliphatic rings. The van der Waals surface area contributed by atoms with E-state index in [2.05, 4.69) is 19.1 Å². The average molecular weight is 488 g/mol. The molecule has 1 saturated carbocycles. The molecule has 2 N–H and O–H groups in total. The van der Waals surface area contributed by atoms with Crippen LogP contribution in [0.1, 0.15) is 86.1 Å². The summed E-state index contributed by atoms with van der Waals surface area (Å²) in [5.74, 6) is -0.816. The van der Waals surface area contributed by atoms with Crippen LogP contribution in [-0.2, 0) is 17.6 Å². The fraction of sp³-hybridized carbons (Fsp3) is 0.519. The van der Waals surface area contributed by atoms with E-state index in [0.29, 0.717) is 17.5 Å². The van der Waals surface area contributed by atoms with Crippen LogP contribution < -0.4 is 0 Å². The number of alkyl halides is 1. The minimum Gasteiger partial charge on any atom is -0.481 e. The summed E-state index contributed by atoms with van der Waals surface area (Å²) in [5.41, 5.74) is 3.09. The molecule has 0 saturated heterocycles. The second-order valence-electron chi connectivity index (χ2n) is 9.33. The standard InChI is InChI=1S/C27H34ClNO5/c1-2-3-4-11-25(30)20-9-6-8-19(16-20)22-13-14-24(28)23(22)17-21-10-5-7-18(12-15-26(31)32)27(21)29(33)34/h5-10,16,22-25,30H,2-4,11-15,17H2,1H3,(H,31,32). The zero-order valence-corrected chi connectivity index (χ0v) is 20.4. The first-order chi connectivity index (χ1) is 16.3. The summed E-state index contributed by atoms with van der Waals surface area (Å²) in [6, 6.07) is 13.2. The number of hydrogen-bond donors (Lipinski definition) is 2. The number of para-hydroxylation sites is 1. The average Bonchev–Trinajstić information content (AvgIpc) is 3.17. The molecule has 34 heavy (non-hydrogen) atoms. The molecule has 2 aromatic rings. The Hall–Kier alpha value is -2.44. The lowest BCUT2D eigenvalue weighted by Gasteiger charge is -2.24. The van der Waals surface area contributed by atoms with Crippen molar-refractivity contribution >= 4 is 23.3 Å². The van der Waals surface area contributed by atoms with Crippen LogP contribution in [0.3, 0.4) is 0 Å². The lowest BCUT2D eigenvalue weighted by atomic mass is 9.83. The van der Waals surface area contributed by atoms with E-state index in [1.54, 1.807) is 18.2 Å². The number of rotatable bonds is 12. The van der Waals surface area contributed by atoms with Crippen LogP contribution in [0.15, 0.2) is 42.5 Å². The molecule has 0 spiro atoms. The molecular weight excluding hydrogens is 454 g/mol. The summed E-state index contributed by atoms with van der Waals surface area (Å²) in [6.07, 6.45) is 5.57. The predicted octanol–water partition coefficient (Wildman–Crippen LogP) is 6.57. The molecule has 184 valence electrons. The van der Waals surface area contributed by atoms with Crippen molar-refractivity contribution < 1.29 is 19.9 Å². The van der Waals surface area contributed by atoms with Crippen molar-refractivity contribution in [3.8, 4) is 0 Å². The predicted molar refractivity (Wildman–Crippen MR) is 133 cm³/mol. The zero-order chi connectivity index (χ0) is 24.7. The summed E-state index contributed by atoms with van der Waals surface area (Å²) in [7, 11) is 0. The number of nitrogens with zero attached hydrogens (tertiary/aromatic N) is 1. The van der Waals surface area contributed by atoms with Gasteiger partial charge in [0.2, 0.25) is 0 Å². The Kier molecular flexibility index (Phi) is 9.48. The highest BCUT2D eigenvalue weighted by molar-refractivity contribution is 6.21. The lowest BCUT2D eigenvalue weighted by Crippen LogP contribution is -2.18. The molecule has 0 radical (unpaired) electrons. The highest BCUT2D eigenvalue weighted by atomic mass is 35.5. The van der Waals surface area contributed by atoms with Crippen molar-refractivity contribution in [3.63, 3.8) is 0 Å². The largest absolute Gasteiger partial charge is 0.481 e. The molecule has 4 atom stereocenters. The maximum Gasteiger partial charge on any atom is 0.303 e. The maximum absolute atomic E-state index is 11.9. The first-order valence-electron chi connectivity index (χ1n) is 12.2. The van der Waals surface area contributed by atoms with Crippen molar-refractivity contribution in [2.75, 3.05) is 0 Å². The number of aliphatic hydroxyl groups excluding tert-OH is 1. The smallest absolute Gasteiger partial charge is 0.303 e. The molecule has 7 heteroatoms. The molecule has 1 aliphatic carbocycles. The van der Waals surface area contributed by atoms with E-state index in [1.807, 2.05) is 12.1 Å². The summed E-state index contributed by atoms with van der Waals surface area (Å²) in [6.45, 7) is 2.14. The van der Waals surface area contributed by atoms with Gasteiger partial charge in [-0.2, -0.15) is 0 Å². The Morgan fingerprint density at radius 3 is 2.62 bits per heavy atom. The molecule has 4 unspecified atom stereocenters. The SMILES string of the molecule is CCCCCC(O)c1cccc(C2CCC(Cl)C2Cc2cccc(CCC(=O)O)c2[N+](=O)[O-])c1. The van der Waals surface area contributed by atoms with E-state index in [4.69, 9.17) is 16.7 Å². The summed E-state index contributed by atoms with van der Waals surface area (Å²) < 4.78 is 0. The van der Waals surface area contributed by atoms with Crippen molar-refractivity contribution in [1.29, 1.82) is 0 Å². The Balaban J connectivity index is 1.84. The number of aliphatic hydroxyl groups is 1. The number of aliphatic carboxylic acids is 1. The number of unbranched alkanes of at least 4 members (excludes halogenated alkanes) is 2. The van der Waals surface area contributed by atoms with Crippen LogP contribution in [-0.4, -0.2) is 26.5 Å². The van der Waals surface area contributed by atoms with Gasteiger partial charge in [0.25, 0.3) is 5.69 Å². The van der Waals surface area contributed by atoms with Gasteiger partial charge in [0.1, 0.15) is 0 Å². The van der Waals surface area contributed by atoms with Gasteiger partial charge in [-0.15, -0.1) is 11.6 Å². The molecule has 1 fully saturated rings. The number of carboxylic acid groups (broad SMARTS) is 1. The van der Waals surface area contributed by atoms with E-state index in [-0.39, 0.29) is 35.7 Å². The van der Waals surface area contributed by atoms with Gasteiger partial charge in [0.15, 0.2) is 0 Å². The molecule has 0 bridgehead atoms. The van der Waals surface area contributed by atoms with Crippen LogP contribution in [0.5, 0.6) is 0 Å². The molecule has 0 aromatic heterocycles. The van der Waals surface area contributed by atoms with Crippen LogP contribution in [0, 0.1) is 16.0 Å². The number of nitro benzene ring substituents is 1. The van der Waals surface area contributed by atoms with E-state index in [1.165, 1.54) is 0 Å². The number of hydrogen-bond acceptors (Lipinski definition) is 4. The van der Waals surface area contributed by atoms with Gasteiger partial charge in [-0.25, -0.2) is 0 Å². The van der Waals surface area contributed by atoms with Crippen LogP contribution in [0.25, 0.3) is 0 Å². The van der Waals surface area contributed by atoms with Crippen molar-refractivity contribution in [3.05, 3.63) is 74.8 Å². The number of benzene rings is 2. The molecule has 0 heterocycles. The molecule has 6 nitrogen and oxygen atoms in total. The second-order valence-corrected chi connectivity index (χ2v) is 9.89. The highest BCUT2D eigenvalue weighted by Gasteiger charge is 2.37. The van der Waals surface area contributed by atoms with Gasteiger partial charge in [0, 0.05) is 22.9 Å². The molecule has 0 amide bonds. The minimum atomic E-state index is -0.979. The molecule has 2 aromatic carbocycles. The summed E-state index contributed by atoms with van der Waals surface area (Å²) in [5, 5.41) is 31.5. The number of carboxylic acids is 1. The fourth-order valence-electron chi connectivity index (χ4n) is 5.20. The Labute approximate surface area is 206 Å². The van der Waals surface area contributed by atoms with Crippen LogP contribution in [0.2, 0.25) is 0 Å². The summed E-state index contributed by atoms with van der Waals surface area (Å²) in [4.78, 5) is 22.5. The molecule has 0 aliphatic heterocycles. The highest BCUT2D eigenvalue weighted by Crippen LogP contribution is 2.45. The van der Waals surface area contributed by atoms with Gasteiger partial charge in [-0.1, -0.05) is 68.7 Å². The number of halogens is 1. The third-order valence-electron chi connectivity index (χ3n) is 6.99. The Morgan fingerprint density at radius 1 is 1.18 bits per heavy atom. The zero-order valence-electron chi connectivity index (χ0n) is 19.7. The van der Waals surface area contributed by atoms with Gasteiger partial charge in [0.05, 0.1) is 11.0 Å². The van der Waals surface area contributed by atoms with E-state index >= 15 is 0 Å². The first kappa shape index (κ1) is 26.2. The van der Waals surface area contributed by atoms with E-state index in [9.17, 15) is 20.0 Å². The molecular formula is C27H34ClNO5. The topological polar surface area (TPSA) is 101 Å². The van der Waals surface area contributed by atoms with E-state index in [0.717, 1.165) is 49.7 Å². The summed E-state index contributed by atoms with van der Waals surface area (Å²) >= 11 is 6.74. The minimum absolute atomic E-state index is 0.0124. The van der Waals surface area contributed by atoms with Gasteiger partial charge < -0.3 is 10.2 Å². The van der Waals surface area contributed by atoms with Crippen LogP contribution in [0.4, 0.5) is 5.69 Å². The van der Waals surface area contributed by atoms with Gasteiger partial charge in [-0.3, -0.25) is 14.9 Å². The third kappa shape index (κ3) is 6.57. The van der Waals surface area contributed by atoms with Crippen LogP contribution >= 0.6 is 11.6 Å². The Bertz CT molecular complexity index is 995. The normalized spacial score (nSPS) is 20.9. The monoisotopic (exact) mass is 487 g/mol. The quantitative estimate of drug-likeness (QED) is 0.152. The van der Waals surface area contributed by atoms with Crippen molar-refractivity contribution in [2.45, 2.75) is 82.1 Å². The van der Waals surface area contributed by atoms with Crippen molar-refractivity contribution in [2.24, 2.45) is 5.92 Å². The first-order valence-corrected chi connectivity index (χ1v) is 12.6. The maximum atomic E-state index is 11.9. The Morgan fingerprint density at radius 2 is 1.91 bits per heavy atom.